The van der Waals surface area contributed by atoms with Crippen molar-refractivity contribution in [2.24, 2.45) is 0 Å². The number of rotatable bonds is 6. The summed E-state index contributed by atoms with van der Waals surface area (Å²) in [5.41, 5.74) is 3.89. The van der Waals surface area contributed by atoms with Gasteiger partial charge in [-0.2, -0.15) is 5.10 Å². The maximum Gasteiger partial charge on any atom is 0.251 e. The molecule has 1 atom stereocenters. The summed E-state index contributed by atoms with van der Waals surface area (Å²) in [5.74, 6) is -0.0334. The Labute approximate surface area is 138 Å². The van der Waals surface area contributed by atoms with Crippen LogP contribution in [0.15, 0.2) is 30.3 Å². The smallest absolute Gasteiger partial charge is 0.251 e. The van der Waals surface area contributed by atoms with Gasteiger partial charge in [0.1, 0.15) is 0 Å². The molecule has 0 aliphatic rings. The van der Waals surface area contributed by atoms with Gasteiger partial charge in [0.15, 0.2) is 0 Å². The Morgan fingerprint density at radius 1 is 1.30 bits per heavy atom. The number of benzene rings is 1. The number of amides is 1. The molecule has 1 heterocycles. The zero-order valence-electron chi connectivity index (χ0n) is 14.6. The molecule has 0 spiro atoms. The highest BCUT2D eigenvalue weighted by atomic mass is 16.1. The van der Waals surface area contributed by atoms with E-state index in [4.69, 9.17) is 0 Å². The van der Waals surface area contributed by atoms with Crippen molar-refractivity contribution in [3.05, 3.63) is 52.8 Å². The zero-order valence-corrected chi connectivity index (χ0v) is 14.6. The fourth-order valence-corrected chi connectivity index (χ4v) is 2.34. The Bertz CT molecular complexity index is 675. The minimum Gasteiger partial charge on any atom is -0.350 e. The molecule has 0 saturated heterocycles. The third kappa shape index (κ3) is 4.66. The molecule has 0 fully saturated rings. The molecule has 124 valence electrons. The average Bonchev–Trinajstić information content (AvgIpc) is 2.82. The molecule has 23 heavy (non-hydrogen) atoms. The van der Waals surface area contributed by atoms with Crippen molar-refractivity contribution in [1.82, 2.24) is 20.0 Å². The number of aryl methyl sites for hydroxylation is 2. The molecule has 5 heteroatoms. The van der Waals surface area contributed by atoms with E-state index in [1.807, 2.05) is 56.9 Å². The number of likely N-dealkylation sites (N-methyl/N-ethyl adjacent to an activating group) is 1. The summed E-state index contributed by atoms with van der Waals surface area (Å²) in [5, 5.41) is 7.45. The van der Waals surface area contributed by atoms with Crippen molar-refractivity contribution in [2.45, 2.75) is 33.4 Å². The average molecular weight is 314 g/mol. The molecule has 1 aromatic carbocycles. The van der Waals surface area contributed by atoms with Crippen molar-refractivity contribution in [3.8, 4) is 0 Å². The van der Waals surface area contributed by atoms with E-state index in [2.05, 4.69) is 28.3 Å². The quantitative estimate of drug-likeness (QED) is 0.889. The molecular formula is C18H26N4O. The van der Waals surface area contributed by atoms with Gasteiger partial charge in [-0.05, 0) is 58.6 Å². The highest BCUT2D eigenvalue weighted by Gasteiger charge is 2.10. The second-order valence-electron chi connectivity index (χ2n) is 6.31. The Morgan fingerprint density at radius 3 is 2.65 bits per heavy atom. The normalized spacial score (nSPS) is 12.4. The Balaban J connectivity index is 2.04. The Kier molecular flexibility index (Phi) is 5.55. The predicted octanol–water partition coefficient (Wildman–Crippen LogP) is 2.23. The number of hydrogen-bond donors (Lipinski definition) is 1. The van der Waals surface area contributed by atoms with E-state index in [0.717, 1.165) is 17.0 Å². The van der Waals surface area contributed by atoms with Gasteiger partial charge in [-0.1, -0.05) is 12.1 Å². The van der Waals surface area contributed by atoms with Gasteiger partial charge in [-0.3, -0.25) is 9.48 Å². The van der Waals surface area contributed by atoms with Gasteiger partial charge in [-0.25, -0.2) is 0 Å². The van der Waals surface area contributed by atoms with Crippen LogP contribution in [0.4, 0.5) is 0 Å². The number of nitrogens with one attached hydrogen (secondary N) is 1. The van der Waals surface area contributed by atoms with Crippen LogP contribution >= 0.6 is 0 Å². The van der Waals surface area contributed by atoms with E-state index in [-0.39, 0.29) is 5.91 Å². The van der Waals surface area contributed by atoms with Crippen LogP contribution in [0.25, 0.3) is 0 Å². The molecule has 2 rings (SSSR count). The first-order valence-corrected chi connectivity index (χ1v) is 7.91. The maximum atomic E-state index is 12.3. The van der Waals surface area contributed by atoms with Crippen LogP contribution in [0.5, 0.6) is 0 Å². The molecule has 1 N–H and O–H groups in total. The summed E-state index contributed by atoms with van der Waals surface area (Å²) in [4.78, 5) is 14.4. The number of hydrogen-bond acceptors (Lipinski definition) is 3. The SMILES string of the molecule is Cc1cc(C)n(Cc2cccc(C(=O)NC[C@H](C)N(C)C)c2)n1. The first-order chi connectivity index (χ1) is 10.9. The van der Waals surface area contributed by atoms with E-state index in [0.29, 0.717) is 24.7 Å². The van der Waals surface area contributed by atoms with Crippen molar-refractivity contribution in [3.63, 3.8) is 0 Å². The van der Waals surface area contributed by atoms with Crippen LogP contribution in [-0.2, 0) is 6.54 Å². The van der Waals surface area contributed by atoms with E-state index >= 15 is 0 Å². The van der Waals surface area contributed by atoms with E-state index in [1.54, 1.807) is 0 Å². The van der Waals surface area contributed by atoms with Crippen molar-refractivity contribution in [2.75, 3.05) is 20.6 Å². The maximum absolute atomic E-state index is 12.3. The Morgan fingerprint density at radius 2 is 2.04 bits per heavy atom. The first kappa shape index (κ1) is 17.2. The molecular weight excluding hydrogens is 288 g/mol. The molecule has 0 saturated carbocycles. The minimum atomic E-state index is -0.0334. The molecule has 0 aliphatic carbocycles. The third-order valence-corrected chi connectivity index (χ3v) is 4.06. The largest absolute Gasteiger partial charge is 0.350 e. The predicted molar refractivity (Wildman–Crippen MR) is 92.7 cm³/mol. The van der Waals surface area contributed by atoms with Gasteiger partial charge in [0.05, 0.1) is 12.2 Å². The fourth-order valence-electron chi connectivity index (χ4n) is 2.34. The summed E-state index contributed by atoms with van der Waals surface area (Å²) < 4.78 is 1.96. The lowest BCUT2D eigenvalue weighted by molar-refractivity contribution is 0.0943. The van der Waals surface area contributed by atoms with Gasteiger partial charge in [0.2, 0.25) is 0 Å². The summed E-state index contributed by atoms with van der Waals surface area (Å²) in [7, 11) is 4.01. The molecule has 1 aromatic heterocycles. The zero-order chi connectivity index (χ0) is 17.0. The van der Waals surface area contributed by atoms with Crippen molar-refractivity contribution >= 4 is 5.91 Å². The molecule has 1 amide bonds. The van der Waals surface area contributed by atoms with Crippen LogP contribution in [-0.4, -0.2) is 47.3 Å². The summed E-state index contributed by atoms with van der Waals surface area (Å²) in [6, 6.07) is 10.1. The van der Waals surface area contributed by atoms with Crippen LogP contribution in [0.2, 0.25) is 0 Å². The summed E-state index contributed by atoms with van der Waals surface area (Å²) in [6.45, 7) is 7.42. The van der Waals surface area contributed by atoms with Crippen molar-refractivity contribution in [1.29, 1.82) is 0 Å². The van der Waals surface area contributed by atoms with Gasteiger partial charge in [0.25, 0.3) is 5.91 Å². The molecule has 5 nitrogen and oxygen atoms in total. The Hall–Kier alpha value is -2.14. The highest BCUT2D eigenvalue weighted by molar-refractivity contribution is 5.94. The molecule has 0 unspecified atom stereocenters. The van der Waals surface area contributed by atoms with E-state index < -0.39 is 0 Å². The number of carbonyl (C=O) groups is 1. The first-order valence-electron chi connectivity index (χ1n) is 7.91. The molecule has 2 aromatic rings. The third-order valence-electron chi connectivity index (χ3n) is 4.06. The second kappa shape index (κ2) is 7.42. The lowest BCUT2D eigenvalue weighted by Gasteiger charge is -2.20. The van der Waals surface area contributed by atoms with Crippen LogP contribution < -0.4 is 5.32 Å². The van der Waals surface area contributed by atoms with Gasteiger partial charge < -0.3 is 10.2 Å². The summed E-state index contributed by atoms with van der Waals surface area (Å²) >= 11 is 0. The molecule has 0 bridgehead atoms. The number of carbonyl (C=O) groups excluding carboxylic acids is 1. The van der Waals surface area contributed by atoms with E-state index in [9.17, 15) is 4.79 Å². The second-order valence-corrected chi connectivity index (χ2v) is 6.31. The van der Waals surface area contributed by atoms with Gasteiger partial charge in [0, 0.05) is 23.8 Å². The van der Waals surface area contributed by atoms with Crippen molar-refractivity contribution < 1.29 is 4.79 Å². The monoisotopic (exact) mass is 314 g/mol. The van der Waals surface area contributed by atoms with Gasteiger partial charge in [-0.15, -0.1) is 0 Å². The van der Waals surface area contributed by atoms with Crippen LogP contribution in [0, 0.1) is 13.8 Å². The molecule has 0 radical (unpaired) electrons. The minimum absolute atomic E-state index is 0.0334. The van der Waals surface area contributed by atoms with Gasteiger partial charge >= 0.3 is 0 Å². The highest BCUT2D eigenvalue weighted by Crippen LogP contribution is 2.10. The fraction of sp³-hybridized carbons (Fsp3) is 0.444. The number of nitrogens with zero attached hydrogens (tertiary/aromatic N) is 3. The van der Waals surface area contributed by atoms with E-state index in [1.165, 1.54) is 0 Å². The summed E-state index contributed by atoms with van der Waals surface area (Å²) in [6.07, 6.45) is 0. The lowest BCUT2D eigenvalue weighted by atomic mass is 10.1. The topological polar surface area (TPSA) is 50.2 Å². The standard InChI is InChI=1S/C18H26N4O/c1-13-9-14(2)22(20-13)12-16-7-6-8-17(10-16)18(23)19-11-15(3)21(4)5/h6-10,15H,11-12H2,1-5H3,(H,19,23)/t15-/m0/s1. The molecule has 0 aliphatic heterocycles. The van der Waals surface area contributed by atoms with Crippen LogP contribution in [0.1, 0.15) is 34.2 Å². The lowest BCUT2D eigenvalue weighted by Crippen LogP contribution is -2.38. The number of aromatic nitrogens is 2. The van der Waals surface area contributed by atoms with Crippen LogP contribution in [0.3, 0.4) is 0 Å².